The van der Waals surface area contributed by atoms with Gasteiger partial charge in [0.15, 0.2) is 0 Å². The molecule has 3 rings (SSSR count). The largest absolute Gasteiger partial charge is 0.352 e. The van der Waals surface area contributed by atoms with Crippen LogP contribution in [0, 0.1) is 0 Å². The van der Waals surface area contributed by atoms with Gasteiger partial charge in [0.05, 0.1) is 19.0 Å². The minimum absolute atomic E-state index is 0.104. The predicted octanol–water partition coefficient (Wildman–Crippen LogP) is 2.73. The van der Waals surface area contributed by atoms with Crippen molar-refractivity contribution >= 4 is 29.0 Å². The standard InChI is InChI=1S/C18H19N5O2S/c19-18(25)22-15(16-6-2-9-26-16)11-17(24)21-14-5-1-4-13(10-14)12-23-8-3-7-20-23/h1-10,15H,11-12H2,(H,21,24)(H3,19,22,25). The molecule has 1 unspecified atom stereocenters. The molecule has 2 aromatic heterocycles. The fourth-order valence-electron chi connectivity index (χ4n) is 2.61. The summed E-state index contributed by atoms with van der Waals surface area (Å²) in [6.07, 6.45) is 3.71. The first-order valence-corrected chi connectivity index (χ1v) is 8.94. The van der Waals surface area contributed by atoms with E-state index in [0.717, 1.165) is 10.4 Å². The number of benzene rings is 1. The molecule has 1 aromatic carbocycles. The fourth-order valence-corrected chi connectivity index (χ4v) is 3.39. The molecular formula is C18H19N5O2S. The number of urea groups is 1. The molecule has 7 nitrogen and oxygen atoms in total. The van der Waals surface area contributed by atoms with E-state index < -0.39 is 12.1 Å². The summed E-state index contributed by atoms with van der Waals surface area (Å²) in [4.78, 5) is 24.5. The molecule has 1 atom stereocenters. The number of carbonyl (C=O) groups is 2. The van der Waals surface area contributed by atoms with Crippen LogP contribution in [0.2, 0.25) is 0 Å². The maximum absolute atomic E-state index is 12.4. The van der Waals surface area contributed by atoms with Gasteiger partial charge in [-0.15, -0.1) is 11.3 Å². The molecule has 0 aliphatic carbocycles. The topological polar surface area (TPSA) is 102 Å². The SMILES string of the molecule is NC(=O)NC(CC(=O)Nc1cccc(Cn2cccn2)c1)c1cccs1. The molecule has 134 valence electrons. The van der Waals surface area contributed by atoms with Crippen LogP contribution in [0.4, 0.5) is 10.5 Å². The Bertz CT molecular complexity index is 862. The Morgan fingerprint density at radius 2 is 2.12 bits per heavy atom. The normalized spacial score (nSPS) is 11.7. The summed E-state index contributed by atoms with van der Waals surface area (Å²) in [5.41, 5.74) is 6.95. The van der Waals surface area contributed by atoms with Crippen molar-refractivity contribution in [3.8, 4) is 0 Å². The number of amides is 3. The number of anilines is 1. The number of aromatic nitrogens is 2. The highest BCUT2D eigenvalue weighted by Gasteiger charge is 2.18. The first-order chi connectivity index (χ1) is 12.6. The van der Waals surface area contributed by atoms with Crippen molar-refractivity contribution in [1.29, 1.82) is 0 Å². The average Bonchev–Trinajstić information content (AvgIpc) is 3.27. The van der Waals surface area contributed by atoms with Gasteiger partial charge in [-0.05, 0) is 35.2 Å². The minimum atomic E-state index is -0.655. The quantitative estimate of drug-likeness (QED) is 0.597. The highest BCUT2D eigenvalue weighted by molar-refractivity contribution is 7.10. The monoisotopic (exact) mass is 369 g/mol. The molecule has 0 saturated heterocycles. The second-order valence-electron chi connectivity index (χ2n) is 5.73. The maximum atomic E-state index is 12.4. The van der Waals surface area contributed by atoms with E-state index in [0.29, 0.717) is 12.2 Å². The molecule has 26 heavy (non-hydrogen) atoms. The van der Waals surface area contributed by atoms with Crippen molar-refractivity contribution in [2.45, 2.75) is 19.0 Å². The van der Waals surface area contributed by atoms with E-state index in [1.54, 1.807) is 6.20 Å². The number of nitrogens with one attached hydrogen (secondary N) is 2. The number of rotatable bonds is 7. The van der Waals surface area contributed by atoms with Crippen LogP contribution in [-0.4, -0.2) is 21.7 Å². The Balaban J connectivity index is 1.64. The molecule has 0 radical (unpaired) electrons. The smallest absolute Gasteiger partial charge is 0.312 e. The molecule has 3 aromatic rings. The van der Waals surface area contributed by atoms with Gasteiger partial charge in [0.1, 0.15) is 0 Å². The molecule has 0 spiro atoms. The zero-order valence-corrected chi connectivity index (χ0v) is 14.8. The van der Waals surface area contributed by atoms with E-state index in [1.165, 1.54) is 11.3 Å². The number of hydrogen-bond donors (Lipinski definition) is 3. The van der Waals surface area contributed by atoms with Crippen LogP contribution in [0.15, 0.2) is 60.2 Å². The summed E-state index contributed by atoms with van der Waals surface area (Å²) in [6, 6.07) is 12.1. The van der Waals surface area contributed by atoms with Crippen LogP contribution in [0.25, 0.3) is 0 Å². The third-order valence-electron chi connectivity index (χ3n) is 3.71. The summed E-state index contributed by atoms with van der Waals surface area (Å²) in [7, 11) is 0. The van der Waals surface area contributed by atoms with E-state index in [1.807, 2.05) is 58.7 Å². The minimum Gasteiger partial charge on any atom is -0.352 e. The fraction of sp³-hybridized carbons (Fsp3) is 0.167. The van der Waals surface area contributed by atoms with E-state index in [-0.39, 0.29) is 12.3 Å². The van der Waals surface area contributed by atoms with Gasteiger partial charge < -0.3 is 16.4 Å². The average molecular weight is 369 g/mol. The van der Waals surface area contributed by atoms with Gasteiger partial charge in [-0.25, -0.2) is 4.79 Å². The zero-order valence-electron chi connectivity index (χ0n) is 14.0. The summed E-state index contributed by atoms with van der Waals surface area (Å²) in [5, 5.41) is 11.6. The number of carbonyl (C=O) groups excluding carboxylic acids is 2. The third kappa shape index (κ3) is 4.93. The first kappa shape index (κ1) is 17.7. The Morgan fingerprint density at radius 1 is 1.23 bits per heavy atom. The van der Waals surface area contributed by atoms with Gasteiger partial charge in [-0.1, -0.05) is 18.2 Å². The van der Waals surface area contributed by atoms with Crippen molar-refractivity contribution in [2.75, 3.05) is 5.32 Å². The van der Waals surface area contributed by atoms with Crippen LogP contribution in [-0.2, 0) is 11.3 Å². The lowest BCUT2D eigenvalue weighted by molar-refractivity contribution is -0.116. The Labute approximate surface area is 154 Å². The van der Waals surface area contributed by atoms with Gasteiger partial charge in [-0.2, -0.15) is 5.10 Å². The Morgan fingerprint density at radius 3 is 2.81 bits per heavy atom. The maximum Gasteiger partial charge on any atom is 0.312 e. The second-order valence-corrected chi connectivity index (χ2v) is 6.71. The van der Waals surface area contributed by atoms with Crippen molar-refractivity contribution in [1.82, 2.24) is 15.1 Å². The highest BCUT2D eigenvalue weighted by atomic mass is 32.1. The molecule has 0 bridgehead atoms. The van der Waals surface area contributed by atoms with Crippen molar-refractivity contribution in [3.05, 3.63) is 70.7 Å². The lowest BCUT2D eigenvalue weighted by Crippen LogP contribution is -2.34. The molecule has 0 saturated carbocycles. The van der Waals surface area contributed by atoms with E-state index in [4.69, 9.17) is 5.73 Å². The molecule has 0 aliphatic heterocycles. The number of thiophene rings is 1. The van der Waals surface area contributed by atoms with Gasteiger partial charge in [-0.3, -0.25) is 9.48 Å². The number of primary amides is 1. The third-order valence-corrected chi connectivity index (χ3v) is 4.69. The van der Waals surface area contributed by atoms with Crippen LogP contribution in [0.5, 0.6) is 0 Å². The summed E-state index contributed by atoms with van der Waals surface area (Å²) < 4.78 is 1.81. The molecule has 4 N–H and O–H groups in total. The summed E-state index contributed by atoms with van der Waals surface area (Å²) in [6.45, 7) is 0.623. The zero-order chi connectivity index (χ0) is 18.4. The predicted molar refractivity (Wildman–Crippen MR) is 101 cm³/mol. The van der Waals surface area contributed by atoms with Gasteiger partial charge >= 0.3 is 6.03 Å². The lowest BCUT2D eigenvalue weighted by atomic mass is 10.1. The molecular weight excluding hydrogens is 350 g/mol. The molecule has 3 amide bonds. The van der Waals surface area contributed by atoms with Gasteiger partial charge in [0, 0.05) is 23.0 Å². The lowest BCUT2D eigenvalue weighted by Gasteiger charge is -2.16. The summed E-state index contributed by atoms with van der Waals surface area (Å²) in [5.74, 6) is -0.201. The number of hydrogen-bond acceptors (Lipinski definition) is 4. The van der Waals surface area contributed by atoms with Crippen molar-refractivity contribution < 1.29 is 9.59 Å². The Hall–Kier alpha value is -3.13. The van der Waals surface area contributed by atoms with Crippen LogP contribution >= 0.6 is 11.3 Å². The van der Waals surface area contributed by atoms with E-state index in [9.17, 15) is 9.59 Å². The van der Waals surface area contributed by atoms with Crippen molar-refractivity contribution in [3.63, 3.8) is 0 Å². The van der Waals surface area contributed by atoms with Crippen molar-refractivity contribution in [2.24, 2.45) is 5.73 Å². The van der Waals surface area contributed by atoms with E-state index >= 15 is 0 Å². The number of nitrogens with zero attached hydrogens (tertiary/aromatic N) is 2. The molecule has 8 heteroatoms. The van der Waals surface area contributed by atoms with Gasteiger partial charge in [0.2, 0.25) is 5.91 Å². The molecule has 2 heterocycles. The second kappa shape index (κ2) is 8.30. The van der Waals surface area contributed by atoms with Crippen LogP contribution in [0.3, 0.4) is 0 Å². The van der Waals surface area contributed by atoms with Crippen LogP contribution < -0.4 is 16.4 Å². The molecule has 0 aliphatic rings. The van der Waals surface area contributed by atoms with Crippen LogP contribution in [0.1, 0.15) is 22.9 Å². The first-order valence-electron chi connectivity index (χ1n) is 8.06. The number of nitrogens with two attached hydrogens (primary N) is 1. The van der Waals surface area contributed by atoms with Gasteiger partial charge in [0.25, 0.3) is 0 Å². The van der Waals surface area contributed by atoms with E-state index in [2.05, 4.69) is 15.7 Å². The highest BCUT2D eigenvalue weighted by Crippen LogP contribution is 2.23. The molecule has 0 fully saturated rings. The Kier molecular flexibility index (Phi) is 5.65. The summed E-state index contributed by atoms with van der Waals surface area (Å²) >= 11 is 1.47.